The summed E-state index contributed by atoms with van der Waals surface area (Å²) in [4.78, 5) is 51.7. The molecule has 3 aromatic rings. The molecule has 0 saturated heterocycles. The predicted molar refractivity (Wildman–Crippen MR) is 169 cm³/mol. The van der Waals surface area contributed by atoms with Crippen LogP contribution in [0.1, 0.15) is 44.4 Å². The third-order valence-corrected chi connectivity index (χ3v) is 6.62. The van der Waals surface area contributed by atoms with Crippen LogP contribution in [0.5, 0.6) is 5.75 Å². The van der Waals surface area contributed by atoms with E-state index in [9.17, 15) is 24.3 Å². The Morgan fingerprint density at radius 2 is 1.22 bits per heavy atom. The van der Waals surface area contributed by atoms with Crippen LogP contribution in [0.15, 0.2) is 84.9 Å². The van der Waals surface area contributed by atoms with Crippen molar-refractivity contribution in [1.82, 2.24) is 16.0 Å². The first-order valence-corrected chi connectivity index (χ1v) is 14.7. The molecule has 0 aromatic heterocycles. The summed E-state index contributed by atoms with van der Waals surface area (Å²) in [5.74, 6) is -1.72. The van der Waals surface area contributed by atoms with Gasteiger partial charge in [-0.25, -0.2) is 4.79 Å². The van der Waals surface area contributed by atoms with Crippen LogP contribution < -0.4 is 26.4 Å². The molecule has 4 unspecified atom stereocenters. The largest absolute Gasteiger partial charge is 0.489 e. The maximum absolute atomic E-state index is 13.7. The minimum absolute atomic E-state index is 0.0202. The van der Waals surface area contributed by atoms with E-state index < -0.39 is 53.6 Å². The summed E-state index contributed by atoms with van der Waals surface area (Å²) in [6.07, 6.45) is -1.94. The molecule has 0 saturated carbocycles. The highest BCUT2D eigenvalue weighted by molar-refractivity contribution is 5.94. The van der Waals surface area contributed by atoms with E-state index in [4.69, 9.17) is 15.2 Å². The second-order valence-corrected chi connectivity index (χ2v) is 11.7. The molecule has 0 aliphatic heterocycles. The van der Waals surface area contributed by atoms with Crippen LogP contribution in [0.4, 0.5) is 4.79 Å². The number of carbonyl (C=O) groups excluding carboxylic acids is 4. The predicted octanol–water partition coefficient (Wildman–Crippen LogP) is 2.78. The van der Waals surface area contributed by atoms with Gasteiger partial charge in [-0.15, -0.1) is 0 Å². The van der Waals surface area contributed by atoms with Gasteiger partial charge in [-0.05, 0) is 56.5 Å². The Bertz CT molecular complexity index is 1410. The van der Waals surface area contributed by atoms with E-state index in [-0.39, 0.29) is 12.8 Å². The van der Waals surface area contributed by atoms with Gasteiger partial charge in [-0.1, -0.05) is 72.8 Å². The molecule has 0 heterocycles. The van der Waals surface area contributed by atoms with Crippen molar-refractivity contribution >= 4 is 23.8 Å². The van der Waals surface area contributed by atoms with Crippen molar-refractivity contribution in [3.63, 3.8) is 0 Å². The fraction of sp³-hybridized carbons (Fsp3) is 0.353. The number of aliphatic hydroxyl groups is 1. The number of primary amides is 1. The fourth-order valence-corrected chi connectivity index (χ4v) is 4.37. The van der Waals surface area contributed by atoms with Gasteiger partial charge in [-0.3, -0.25) is 14.4 Å². The molecular formula is C34H42N4O7. The van der Waals surface area contributed by atoms with E-state index in [1.807, 2.05) is 48.5 Å². The minimum Gasteiger partial charge on any atom is -0.489 e. The molecule has 3 aromatic carbocycles. The van der Waals surface area contributed by atoms with Gasteiger partial charge < -0.3 is 36.3 Å². The van der Waals surface area contributed by atoms with Crippen molar-refractivity contribution in [2.24, 2.45) is 5.73 Å². The van der Waals surface area contributed by atoms with E-state index in [0.717, 1.165) is 11.1 Å². The van der Waals surface area contributed by atoms with Crippen molar-refractivity contribution in [2.75, 3.05) is 0 Å². The van der Waals surface area contributed by atoms with E-state index in [1.165, 1.54) is 6.92 Å². The first kappa shape index (κ1) is 34.6. The first-order valence-electron chi connectivity index (χ1n) is 14.7. The maximum Gasteiger partial charge on any atom is 0.408 e. The Kier molecular flexibility index (Phi) is 12.5. The summed E-state index contributed by atoms with van der Waals surface area (Å²) >= 11 is 0. The van der Waals surface area contributed by atoms with Gasteiger partial charge in [0.1, 0.15) is 36.1 Å². The highest BCUT2D eigenvalue weighted by Gasteiger charge is 2.31. The van der Waals surface area contributed by atoms with Crippen LogP contribution in [0, 0.1) is 0 Å². The molecule has 11 nitrogen and oxygen atoms in total. The fourth-order valence-electron chi connectivity index (χ4n) is 4.37. The Morgan fingerprint density at radius 1 is 0.733 bits per heavy atom. The van der Waals surface area contributed by atoms with Crippen LogP contribution in [0.2, 0.25) is 0 Å². The van der Waals surface area contributed by atoms with Gasteiger partial charge >= 0.3 is 6.09 Å². The number of benzene rings is 3. The maximum atomic E-state index is 13.7. The summed E-state index contributed by atoms with van der Waals surface area (Å²) in [5, 5.41) is 17.8. The normalized spacial score (nSPS) is 13.8. The summed E-state index contributed by atoms with van der Waals surface area (Å²) in [5.41, 5.74) is 7.04. The Morgan fingerprint density at radius 3 is 1.73 bits per heavy atom. The van der Waals surface area contributed by atoms with Crippen LogP contribution in [-0.4, -0.2) is 58.8 Å². The molecular weight excluding hydrogens is 576 g/mol. The highest BCUT2D eigenvalue weighted by atomic mass is 16.6. The number of aliphatic hydroxyl groups excluding tert-OH is 1. The second-order valence-electron chi connectivity index (χ2n) is 11.7. The van der Waals surface area contributed by atoms with Gasteiger partial charge in [0.05, 0.1) is 6.10 Å². The average Bonchev–Trinajstić information content (AvgIpc) is 2.98. The SMILES string of the molecule is CC(O)C(NC(=O)C(Cc1ccc(OCc2ccccc2)cc1)NC(=O)C(Cc1ccccc1)NC(=O)OC(C)(C)C)C(N)=O. The Hall–Kier alpha value is -4.90. The lowest BCUT2D eigenvalue weighted by Crippen LogP contribution is -2.59. The monoisotopic (exact) mass is 618 g/mol. The number of carbonyl (C=O) groups is 4. The van der Waals surface area contributed by atoms with E-state index in [1.54, 1.807) is 57.2 Å². The van der Waals surface area contributed by atoms with Gasteiger partial charge in [0.25, 0.3) is 0 Å². The number of rotatable bonds is 14. The van der Waals surface area contributed by atoms with Gasteiger partial charge in [0.15, 0.2) is 0 Å². The number of nitrogens with two attached hydrogens (primary N) is 1. The zero-order chi connectivity index (χ0) is 33.0. The van der Waals surface area contributed by atoms with Crippen LogP contribution in [0.25, 0.3) is 0 Å². The zero-order valence-electron chi connectivity index (χ0n) is 26.0. The molecule has 3 rings (SSSR count). The quantitative estimate of drug-likeness (QED) is 0.185. The van der Waals surface area contributed by atoms with E-state index in [0.29, 0.717) is 17.9 Å². The number of nitrogens with one attached hydrogen (secondary N) is 3. The van der Waals surface area contributed by atoms with Crippen molar-refractivity contribution in [2.45, 2.75) is 77.0 Å². The zero-order valence-corrected chi connectivity index (χ0v) is 26.0. The van der Waals surface area contributed by atoms with Crippen LogP contribution in [0.3, 0.4) is 0 Å². The molecule has 4 amide bonds. The number of amides is 4. The average molecular weight is 619 g/mol. The lowest BCUT2D eigenvalue weighted by molar-refractivity contribution is -0.133. The molecule has 0 radical (unpaired) electrons. The molecule has 0 aliphatic carbocycles. The van der Waals surface area contributed by atoms with Crippen LogP contribution >= 0.6 is 0 Å². The standard InChI is InChI=1S/C34H42N4O7/c1-22(39)29(30(35)40)38-32(42)27(20-24-15-17-26(18-16-24)44-21-25-13-9-6-10-14-25)36-31(41)28(19-23-11-7-5-8-12-23)37-33(43)45-34(2,3)4/h5-18,22,27-29,39H,19-21H2,1-4H3,(H2,35,40)(H,36,41)(H,37,43)(H,38,42). The third-order valence-electron chi connectivity index (χ3n) is 6.62. The topological polar surface area (TPSA) is 169 Å². The third kappa shape index (κ3) is 12.0. The molecule has 0 fully saturated rings. The van der Waals surface area contributed by atoms with E-state index >= 15 is 0 Å². The number of hydrogen-bond acceptors (Lipinski definition) is 7. The molecule has 6 N–H and O–H groups in total. The molecule has 45 heavy (non-hydrogen) atoms. The summed E-state index contributed by atoms with van der Waals surface area (Å²) in [7, 11) is 0. The van der Waals surface area contributed by atoms with Crippen molar-refractivity contribution in [1.29, 1.82) is 0 Å². The molecule has 0 aliphatic rings. The lowest BCUT2D eigenvalue weighted by Gasteiger charge is -2.27. The second kappa shape index (κ2) is 16.2. The van der Waals surface area contributed by atoms with Crippen molar-refractivity contribution in [3.8, 4) is 5.75 Å². The first-order chi connectivity index (χ1) is 21.3. The van der Waals surface area contributed by atoms with Gasteiger partial charge in [0.2, 0.25) is 17.7 Å². The molecule has 0 spiro atoms. The molecule has 11 heteroatoms. The molecule has 240 valence electrons. The Labute approximate surface area is 263 Å². The van der Waals surface area contributed by atoms with Gasteiger partial charge in [-0.2, -0.15) is 0 Å². The molecule has 0 bridgehead atoms. The number of alkyl carbamates (subject to hydrolysis) is 1. The lowest BCUT2D eigenvalue weighted by atomic mass is 10.0. The summed E-state index contributed by atoms with van der Waals surface area (Å²) < 4.78 is 11.2. The Balaban J connectivity index is 1.81. The highest BCUT2D eigenvalue weighted by Crippen LogP contribution is 2.16. The van der Waals surface area contributed by atoms with E-state index in [2.05, 4.69) is 16.0 Å². The minimum atomic E-state index is -1.38. The number of ether oxygens (including phenoxy) is 2. The van der Waals surface area contributed by atoms with Crippen LogP contribution in [-0.2, 0) is 38.6 Å². The van der Waals surface area contributed by atoms with Crippen molar-refractivity contribution < 1.29 is 33.8 Å². The number of hydrogen-bond donors (Lipinski definition) is 5. The van der Waals surface area contributed by atoms with Crippen molar-refractivity contribution in [3.05, 3.63) is 102 Å². The molecule has 4 atom stereocenters. The smallest absolute Gasteiger partial charge is 0.408 e. The summed E-state index contributed by atoms with van der Waals surface area (Å²) in [6.45, 7) is 6.80. The van der Waals surface area contributed by atoms with Gasteiger partial charge in [0, 0.05) is 12.8 Å². The summed E-state index contributed by atoms with van der Waals surface area (Å²) in [6, 6.07) is 22.1.